The number of para-hydroxylation sites is 1. The first kappa shape index (κ1) is 30.2. The third-order valence-electron chi connectivity index (χ3n) is 6.92. The lowest BCUT2D eigenvalue weighted by Crippen LogP contribution is -2.50. The minimum atomic E-state index is -4.41. The predicted molar refractivity (Wildman–Crippen MR) is 160 cm³/mol. The van der Waals surface area contributed by atoms with Gasteiger partial charge in [0.15, 0.2) is 0 Å². The van der Waals surface area contributed by atoms with Crippen molar-refractivity contribution in [3.63, 3.8) is 0 Å². The van der Waals surface area contributed by atoms with Crippen molar-refractivity contribution in [1.29, 1.82) is 0 Å². The Labute approximate surface area is 254 Å². The Morgan fingerprint density at radius 3 is 1.95 bits per heavy atom. The van der Waals surface area contributed by atoms with E-state index in [1.54, 1.807) is 60.7 Å². The normalized spacial score (nSPS) is 13.2. The fourth-order valence-electron chi connectivity index (χ4n) is 4.72. The second-order valence-corrected chi connectivity index (χ2v) is 11.6. The summed E-state index contributed by atoms with van der Waals surface area (Å²) in [7, 11) is -4.41. The van der Waals surface area contributed by atoms with Crippen LogP contribution in [0.15, 0.2) is 114 Å². The van der Waals surface area contributed by atoms with Gasteiger partial charge in [-0.1, -0.05) is 60.4 Å². The smallest absolute Gasteiger partial charge is 0.261 e. The number of amides is 3. The van der Waals surface area contributed by atoms with E-state index in [4.69, 9.17) is 4.74 Å². The zero-order valence-electron chi connectivity index (χ0n) is 23.3. The van der Waals surface area contributed by atoms with Crippen molar-refractivity contribution in [1.82, 2.24) is 14.7 Å². The largest absolute Gasteiger partial charge is 0.457 e. The Balaban J connectivity index is 1.44. The molecule has 44 heavy (non-hydrogen) atoms. The monoisotopic (exact) mass is 609 g/mol. The van der Waals surface area contributed by atoms with E-state index in [1.807, 2.05) is 12.1 Å². The number of ether oxygens (including phenoxy) is 1. The number of rotatable bonds is 10. The molecule has 0 aliphatic carbocycles. The molecule has 1 atom stereocenters. The van der Waals surface area contributed by atoms with Crippen molar-refractivity contribution < 1.29 is 32.7 Å². The lowest BCUT2D eigenvalue weighted by Gasteiger charge is -2.29. The lowest BCUT2D eigenvalue weighted by molar-refractivity contribution is -0.133. The second-order valence-electron chi connectivity index (χ2n) is 9.69. The van der Waals surface area contributed by atoms with Crippen molar-refractivity contribution in [3.05, 3.63) is 126 Å². The van der Waals surface area contributed by atoms with E-state index in [1.165, 1.54) is 41.9 Å². The molecule has 2 N–H and O–H groups in total. The van der Waals surface area contributed by atoms with Crippen LogP contribution in [-0.4, -0.2) is 59.7 Å². The summed E-state index contributed by atoms with van der Waals surface area (Å²) in [5.74, 6) is 4.48. The SMILES string of the molecule is O=C(NO)C(CCN1C(=O)c2ccccc2C1=O)N(CC#Cc1ccccc1)S(=O)(=O)c1ccc(Oc2ccccc2)cc1. The molecule has 4 aromatic carbocycles. The number of sulfonamides is 1. The van der Waals surface area contributed by atoms with Crippen molar-refractivity contribution in [2.75, 3.05) is 13.1 Å². The van der Waals surface area contributed by atoms with Gasteiger partial charge >= 0.3 is 0 Å². The van der Waals surface area contributed by atoms with Crippen molar-refractivity contribution in [2.45, 2.75) is 17.4 Å². The number of benzene rings is 4. The minimum Gasteiger partial charge on any atom is -0.457 e. The molecule has 1 heterocycles. The molecule has 0 saturated heterocycles. The number of carbonyl (C=O) groups excluding carboxylic acids is 3. The summed E-state index contributed by atoms with van der Waals surface area (Å²) in [5.41, 5.74) is 2.59. The van der Waals surface area contributed by atoms with Gasteiger partial charge in [0.05, 0.1) is 22.6 Å². The van der Waals surface area contributed by atoms with E-state index >= 15 is 0 Å². The Kier molecular flexibility index (Phi) is 9.16. The molecule has 11 heteroatoms. The maximum Gasteiger partial charge on any atom is 0.261 e. The van der Waals surface area contributed by atoms with Crippen LogP contribution in [0, 0.1) is 11.8 Å². The number of hydrogen-bond donors (Lipinski definition) is 2. The van der Waals surface area contributed by atoms with Crippen LogP contribution in [-0.2, 0) is 14.8 Å². The maximum atomic E-state index is 14.0. The quantitative estimate of drug-likeness (QED) is 0.120. The summed E-state index contributed by atoms with van der Waals surface area (Å²) in [6, 6.07) is 28.2. The average molecular weight is 610 g/mol. The molecule has 3 amide bonds. The van der Waals surface area contributed by atoms with Crippen molar-refractivity contribution >= 4 is 27.7 Å². The lowest BCUT2D eigenvalue weighted by atomic mass is 10.1. The van der Waals surface area contributed by atoms with Gasteiger partial charge in [-0.15, -0.1) is 0 Å². The molecule has 0 fully saturated rings. The van der Waals surface area contributed by atoms with E-state index in [9.17, 15) is 28.0 Å². The van der Waals surface area contributed by atoms with E-state index in [0.29, 0.717) is 17.1 Å². The first-order valence-corrected chi connectivity index (χ1v) is 15.0. The predicted octanol–water partition coefficient (Wildman–Crippen LogP) is 4.08. The van der Waals surface area contributed by atoms with Gasteiger partial charge in [-0.05, 0) is 67.1 Å². The molecule has 0 radical (unpaired) electrons. The van der Waals surface area contributed by atoms with Crippen molar-refractivity contribution in [2.24, 2.45) is 0 Å². The van der Waals surface area contributed by atoms with Crippen LogP contribution in [0.25, 0.3) is 0 Å². The Morgan fingerprint density at radius 2 is 1.36 bits per heavy atom. The van der Waals surface area contributed by atoms with Gasteiger partial charge in [0.2, 0.25) is 10.0 Å². The Hall–Kier alpha value is -5.28. The summed E-state index contributed by atoms with van der Waals surface area (Å²) in [6.07, 6.45) is -0.306. The number of imide groups is 1. The van der Waals surface area contributed by atoms with Crippen LogP contribution in [0.3, 0.4) is 0 Å². The number of hydroxylamine groups is 1. The summed E-state index contributed by atoms with van der Waals surface area (Å²) in [6.45, 7) is -0.716. The Morgan fingerprint density at radius 1 is 0.818 bits per heavy atom. The first-order valence-electron chi connectivity index (χ1n) is 13.6. The van der Waals surface area contributed by atoms with E-state index in [-0.39, 0.29) is 29.0 Å². The van der Waals surface area contributed by atoms with Gasteiger partial charge in [-0.2, -0.15) is 4.31 Å². The Bertz CT molecular complexity index is 1800. The zero-order chi connectivity index (χ0) is 31.1. The molecule has 4 aromatic rings. The van der Waals surface area contributed by atoms with Gasteiger partial charge in [0.25, 0.3) is 17.7 Å². The maximum absolute atomic E-state index is 14.0. The molecule has 0 aromatic heterocycles. The standard InChI is InChI=1S/C33H27N3O7S/c37-31(34-40)30(21-23-35-32(38)28-15-7-8-16-29(28)33(35)39)36(22-9-12-24-10-3-1-4-11-24)44(41,42)27-19-17-26(18-20-27)43-25-13-5-2-6-14-25/h1-8,10-11,13-20,30,40H,21-23H2,(H,34,37). The highest BCUT2D eigenvalue weighted by Gasteiger charge is 2.39. The number of carbonyl (C=O) groups is 3. The molecule has 1 aliphatic heterocycles. The molecule has 1 unspecified atom stereocenters. The molecule has 222 valence electrons. The summed E-state index contributed by atoms with van der Waals surface area (Å²) in [5, 5.41) is 9.59. The van der Waals surface area contributed by atoms with E-state index < -0.39 is 40.3 Å². The fraction of sp³-hybridized carbons (Fsp3) is 0.121. The van der Waals surface area contributed by atoms with Gasteiger partial charge < -0.3 is 4.74 Å². The summed E-state index contributed by atoms with van der Waals surface area (Å²) in [4.78, 5) is 39.6. The van der Waals surface area contributed by atoms with Crippen LogP contribution in [0.4, 0.5) is 0 Å². The highest BCUT2D eigenvalue weighted by atomic mass is 32.2. The molecular formula is C33H27N3O7S. The van der Waals surface area contributed by atoms with Crippen LogP contribution < -0.4 is 10.2 Å². The molecule has 0 saturated carbocycles. The highest BCUT2D eigenvalue weighted by molar-refractivity contribution is 7.89. The number of hydrogen-bond acceptors (Lipinski definition) is 7. The summed E-state index contributed by atoms with van der Waals surface area (Å²) >= 11 is 0. The number of nitrogens with one attached hydrogen (secondary N) is 1. The van der Waals surface area contributed by atoms with E-state index in [2.05, 4.69) is 11.8 Å². The van der Waals surface area contributed by atoms with Crippen LogP contribution in [0.2, 0.25) is 0 Å². The van der Waals surface area contributed by atoms with E-state index in [0.717, 1.165) is 9.21 Å². The van der Waals surface area contributed by atoms with Crippen LogP contribution in [0.1, 0.15) is 32.7 Å². The zero-order valence-corrected chi connectivity index (χ0v) is 24.1. The molecule has 10 nitrogen and oxygen atoms in total. The molecular weight excluding hydrogens is 582 g/mol. The highest BCUT2D eigenvalue weighted by Crippen LogP contribution is 2.27. The third-order valence-corrected chi connectivity index (χ3v) is 8.78. The second kappa shape index (κ2) is 13.4. The van der Waals surface area contributed by atoms with Crippen LogP contribution >= 0.6 is 0 Å². The van der Waals surface area contributed by atoms with Gasteiger partial charge in [-0.3, -0.25) is 24.5 Å². The fourth-order valence-corrected chi connectivity index (χ4v) is 6.24. The van der Waals surface area contributed by atoms with Crippen LogP contribution in [0.5, 0.6) is 11.5 Å². The van der Waals surface area contributed by atoms with Gasteiger partial charge in [-0.25, -0.2) is 13.9 Å². The molecule has 0 spiro atoms. The molecule has 0 bridgehead atoms. The molecule has 5 rings (SSSR count). The van der Waals surface area contributed by atoms with Crippen molar-refractivity contribution in [3.8, 4) is 23.3 Å². The number of fused-ring (bicyclic) bond motifs is 1. The first-order chi connectivity index (χ1) is 21.3. The molecule has 1 aliphatic rings. The topological polar surface area (TPSA) is 133 Å². The van der Waals surface area contributed by atoms with Gasteiger partial charge in [0.1, 0.15) is 17.5 Å². The third kappa shape index (κ3) is 6.53. The van der Waals surface area contributed by atoms with Gasteiger partial charge in [0, 0.05) is 12.1 Å². The minimum absolute atomic E-state index is 0.157. The number of nitrogens with zero attached hydrogens (tertiary/aromatic N) is 2. The summed E-state index contributed by atoms with van der Waals surface area (Å²) < 4.78 is 34.7. The average Bonchev–Trinajstić information content (AvgIpc) is 3.29.